The first kappa shape index (κ1) is 11.3. The van der Waals surface area contributed by atoms with Gasteiger partial charge >= 0.3 is 0 Å². The standard InChI is InChI=1S/C9H14N8/c1-17-6-13-16-8(17)3-5-11-7-2-4-12-9(14-7)15-10/h2,4,6H,3,5,10H2,1H3,(H2,11,12,14,15). The smallest absolute Gasteiger partial charge is 0.239 e. The van der Waals surface area contributed by atoms with Gasteiger partial charge in [0.05, 0.1) is 0 Å². The van der Waals surface area contributed by atoms with E-state index in [0.717, 1.165) is 18.1 Å². The molecule has 0 amide bonds. The van der Waals surface area contributed by atoms with Crippen molar-refractivity contribution in [2.45, 2.75) is 6.42 Å². The van der Waals surface area contributed by atoms with Gasteiger partial charge in [-0.2, -0.15) is 4.98 Å². The monoisotopic (exact) mass is 234 g/mol. The molecule has 0 radical (unpaired) electrons. The van der Waals surface area contributed by atoms with Gasteiger partial charge in [-0.25, -0.2) is 10.8 Å². The highest BCUT2D eigenvalue weighted by molar-refractivity contribution is 5.38. The van der Waals surface area contributed by atoms with Crippen molar-refractivity contribution in [3.63, 3.8) is 0 Å². The Labute approximate surface area is 98.3 Å². The molecular weight excluding hydrogens is 220 g/mol. The zero-order valence-corrected chi connectivity index (χ0v) is 9.46. The Morgan fingerprint density at radius 1 is 1.47 bits per heavy atom. The van der Waals surface area contributed by atoms with Crippen LogP contribution in [0.4, 0.5) is 11.8 Å². The van der Waals surface area contributed by atoms with E-state index in [9.17, 15) is 0 Å². The van der Waals surface area contributed by atoms with Crippen molar-refractivity contribution < 1.29 is 0 Å². The van der Waals surface area contributed by atoms with Gasteiger partial charge in [0.25, 0.3) is 0 Å². The lowest BCUT2D eigenvalue weighted by atomic mass is 10.4. The van der Waals surface area contributed by atoms with Crippen LogP contribution in [0.1, 0.15) is 5.82 Å². The van der Waals surface area contributed by atoms with Crippen molar-refractivity contribution in [2.75, 3.05) is 17.3 Å². The molecule has 0 spiro atoms. The number of nitrogens with zero attached hydrogens (tertiary/aromatic N) is 5. The number of rotatable bonds is 5. The predicted molar refractivity (Wildman–Crippen MR) is 63.0 cm³/mol. The zero-order chi connectivity index (χ0) is 12.1. The maximum atomic E-state index is 5.22. The number of nitrogens with one attached hydrogen (secondary N) is 2. The van der Waals surface area contributed by atoms with E-state index in [1.54, 1.807) is 18.6 Å². The van der Waals surface area contributed by atoms with Crippen molar-refractivity contribution in [3.8, 4) is 0 Å². The van der Waals surface area contributed by atoms with E-state index in [0.29, 0.717) is 12.5 Å². The van der Waals surface area contributed by atoms with E-state index < -0.39 is 0 Å². The Hall–Kier alpha value is -2.22. The minimum atomic E-state index is 0.383. The number of nitrogen functional groups attached to an aromatic ring is 1. The lowest BCUT2D eigenvalue weighted by molar-refractivity contribution is 0.787. The summed E-state index contributed by atoms with van der Waals surface area (Å²) < 4.78 is 1.88. The van der Waals surface area contributed by atoms with Gasteiger partial charge in [0.2, 0.25) is 5.95 Å². The molecule has 0 aliphatic heterocycles. The van der Waals surface area contributed by atoms with E-state index in [1.165, 1.54) is 0 Å². The molecule has 90 valence electrons. The Morgan fingerprint density at radius 2 is 2.35 bits per heavy atom. The van der Waals surface area contributed by atoms with E-state index >= 15 is 0 Å². The molecule has 0 fully saturated rings. The van der Waals surface area contributed by atoms with E-state index in [4.69, 9.17) is 5.84 Å². The van der Waals surface area contributed by atoms with E-state index in [-0.39, 0.29) is 0 Å². The SMILES string of the molecule is Cn1cnnc1CCNc1ccnc(NN)n1. The van der Waals surface area contributed by atoms with Crippen LogP contribution < -0.4 is 16.6 Å². The quantitative estimate of drug-likeness (QED) is 0.475. The highest BCUT2D eigenvalue weighted by Crippen LogP contribution is 2.04. The lowest BCUT2D eigenvalue weighted by Crippen LogP contribution is -2.13. The molecule has 2 rings (SSSR count). The number of hydrogen-bond donors (Lipinski definition) is 3. The summed E-state index contributed by atoms with van der Waals surface area (Å²) >= 11 is 0. The molecule has 17 heavy (non-hydrogen) atoms. The third kappa shape index (κ3) is 2.88. The minimum Gasteiger partial charge on any atom is -0.369 e. The zero-order valence-electron chi connectivity index (χ0n) is 9.46. The van der Waals surface area contributed by atoms with Gasteiger partial charge in [-0.1, -0.05) is 0 Å². The summed E-state index contributed by atoms with van der Waals surface area (Å²) in [6.07, 6.45) is 4.08. The molecule has 2 aromatic rings. The number of nitrogens with two attached hydrogens (primary N) is 1. The fraction of sp³-hybridized carbons (Fsp3) is 0.333. The molecule has 8 nitrogen and oxygen atoms in total. The summed E-state index contributed by atoms with van der Waals surface area (Å²) in [7, 11) is 1.91. The van der Waals surface area contributed by atoms with Crippen molar-refractivity contribution in [2.24, 2.45) is 12.9 Å². The second kappa shape index (κ2) is 5.21. The Bertz CT molecular complexity index is 479. The topological polar surface area (TPSA) is 107 Å². The normalized spacial score (nSPS) is 10.2. The number of aromatic nitrogens is 5. The predicted octanol–water partition coefficient (Wildman–Crippen LogP) is -0.455. The van der Waals surface area contributed by atoms with Crippen LogP contribution in [-0.4, -0.2) is 31.3 Å². The molecular formula is C9H14N8. The van der Waals surface area contributed by atoms with Crippen LogP contribution in [0.15, 0.2) is 18.6 Å². The summed E-state index contributed by atoms with van der Waals surface area (Å²) in [5.74, 6) is 7.24. The number of hydrazine groups is 1. The van der Waals surface area contributed by atoms with Crippen LogP contribution in [0.5, 0.6) is 0 Å². The molecule has 0 aliphatic carbocycles. The molecule has 0 bridgehead atoms. The molecule has 0 atom stereocenters. The Kier molecular flexibility index (Phi) is 3.46. The largest absolute Gasteiger partial charge is 0.369 e. The Morgan fingerprint density at radius 3 is 3.06 bits per heavy atom. The number of aryl methyl sites for hydroxylation is 1. The fourth-order valence-corrected chi connectivity index (χ4v) is 1.36. The van der Waals surface area contributed by atoms with Gasteiger partial charge in [-0.15, -0.1) is 10.2 Å². The van der Waals surface area contributed by atoms with Gasteiger partial charge in [0, 0.05) is 26.2 Å². The van der Waals surface area contributed by atoms with Crippen molar-refractivity contribution in [1.29, 1.82) is 0 Å². The average Bonchev–Trinajstić information content (AvgIpc) is 2.76. The molecule has 8 heteroatoms. The summed E-state index contributed by atoms with van der Waals surface area (Å²) in [4.78, 5) is 8.05. The molecule has 0 aliphatic rings. The summed E-state index contributed by atoms with van der Waals surface area (Å²) in [5.41, 5.74) is 2.39. The first-order valence-corrected chi connectivity index (χ1v) is 5.16. The minimum absolute atomic E-state index is 0.383. The third-order valence-electron chi connectivity index (χ3n) is 2.24. The van der Waals surface area contributed by atoms with E-state index in [1.807, 2.05) is 11.6 Å². The number of anilines is 2. The summed E-state index contributed by atoms with van der Waals surface area (Å²) in [6, 6.07) is 1.78. The van der Waals surface area contributed by atoms with Crippen LogP contribution in [0.3, 0.4) is 0 Å². The van der Waals surface area contributed by atoms with E-state index in [2.05, 4.69) is 30.9 Å². The highest BCUT2D eigenvalue weighted by Gasteiger charge is 2.01. The Balaban J connectivity index is 1.87. The molecule has 0 unspecified atom stereocenters. The molecule has 0 aromatic carbocycles. The van der Waals surface area contributed by atoms with Gasteiger partial charge in [-0.3, -0.25) is 5.43 Å². The van der Waals surface area contributed by atoms with Crippen LogP contribution in [-0.2, 0) is 13.5 Å². The molecule has 2 aromatic heterocycles. The average molecular weight is 234 g/mol. The van der Waals surface area contributed by atoms with Gasteiger partial charge in [0.1, 0.15) is 18.0 Å². The van der Waals surface area contributed by atoms with Crippen molar-refractivity contribution in [1.82, 2.24) is 24.7 Å². The number of hydrogen-bond acceptors (Lipinski definition) is 7. The first-order valence-electron chi connectivity index (χ1n) is 5.16. The van der Waals surface area contributed by atoms with Crippen molar-refractivity contribution in [3.05, 3.63) is 24.4 Å². The van der Waals surface area contributed by atoms with Gasteiger partial charge < -0.3 is 9.88 Å². The van der Waals surface area contributed by atoms with Crippen LogP contribution in [0.25, 0.3) is 0 Å². The van der Waals surface area contributed by atoms with Gasteiger partial charge in [-0.05, 0) is 6.07 Å². The van der Waals surface area contributed by atoms with Crippen LogP contribution in [0.2, 0.25) is 0 Å². The molecule has 4 N–H and O–H groups in total. The van der Waals surface area contributed by atoms with Crippen LogP contribution >= 0.6 is 0 Å². The fourth-order valence-electron chi connectivity index (χ4n) is 1.36. The lowest BCUT2D eigenvalue weighted by Gasteiger charge is -2.06. The molecule has 0 saturated carbocycles. The van der Waals surface area contributed by atoms with Crippen molar-refractivity contribution >= 4 is 11.8 Å². The summed E-state index contributed by atoms with van der Waals surface area (Å²) in [6.45, 7) is 0.716. The highest BCUT2D eigenvalue weighted by atomic mass is 15.3. The van der Waals surface area contributed by atoms with Crippen LogP contribution in [0, 0.1) is 0 Å². The van der Waals surface area contributed by atoms with Gasteiger partial charge in [0.15, 0.2) is 0 Å². The molecule has 2 heterocycles. The second-order valence-electron chi connectivity index (χ2n) is 3.44. The summed E-state index contributed by atoms with van der Waals surface area (Å²) in [5, 5.41) is 11.0. The maximum Gasteiger partial charge on any atom is 0.239 e. The third-order valence-corrected chi connectivity index (χ3v) is 2.24. The maximum absolute atomic E-state index is 5.22. The second-order valence-corrected chi connectivity index (χ2v) is 3.44. The first-order chi connectivity index (χ1) is 8.29. The molecule has 0 saturated heterocycles.